The van der Waals surface area contributed by atoms with E-state index in [0.717, 1.165) is 12.8 Å². The van der Waals surface area contributed by atoms with Crippen molar-refractivity contribution in [2.75, 3.05) is 0 Å². The van der Waals surface area contributed by atoms with Crippen molar-refractivity contribution in [2.24, 2.45) is 5.92 Å². The third kappa shape index (κ3) is 7.32. The largest absolute Gasteiger partial charge is 0.462 e. The van der Waals surface area contributed by atoms with E-state index in [2.05, 4.69) is 0 Å². The van der Waals surface area contributed by atoms with Crippen LogP contribution in [0.15, 0.2) is 24.3 Å². The number of nitrogens with zero attached hydrogens (tertiary/aromatic N) is 1. The van der Waals surface area contributed by atoms with Gasteiger partial charge in [0, 0.05) is 6.07 Å². The van der Waals surface area contributed by atoms with Crippen molar-refractivity contribution in [3.05, 3.63) is 39.9 Å². The number of carbonyl (C=O) groups is 2. The fraction of sp³-hybridized carbons (Fsp3) is 0.556. The third-order valence-electron chi connectivity index (χ3n) is 3.71. The molecule has 1 rings (SSSR count). The summed E-state index contributed by atoms with van der Waals surface area (Å²) in [5.41, 5.74) is 0.209. The van der Waals surface area contributed by atoms with Gasteiger partial charge in [-0.25, -0.2) is 0 Å². The Bertz CT molecular complexity index is 599. The second kappa shape index (κ2) is 10.4. The molecule has 0 aliphatic rings. The van der Waals surface area contributed by atoms with E-state index < -0.39 is 16.9 Å². The molecule has 1 aromatic carbocycles. The maximum Gasteiger partial charge on any atom is 0.306 e. The molecule has 1 aromatic rings. The molecule has 0 bridgehead atoms. The Balaban J connectivity index is 2.43. The molecular formula is C18H25NO6. The van der Waals surface area contributed by atoms with Crippen LogP contribution in [0.3, 0.4) is 0 Å². The van der Waals surface area contributed by atoms with E-state index in [9.17, 15) is 19.7 Å². The van der Waals surface area contributed by atoms with Crippen LogP contribution in [0.5, 0.6) is 0 Å². The molecule has 0 aromatic heterocycles. The maximum atomic E-state index is 11.8. The first kappa shape index (κ1) is 20.6. The van der Waals surface area contributed by atoms with Gasteiger partial charge < -0.3 is 9.47 Å². The maximum absolute atomic E-state index is 11.8. The summed E-state index contributed by atoms with van der Waals surface area (Å²) in [6.07, 6.45) is 1.36. The van der Waals surface area contributed by atoms with Crippen LogP contribution in [0.4, 0.5) is 5.69 Å². The highest BCUT2D eigenvalue weighted by Gasteiger charge is 2.19. The molecule has 0 radical (unpaired) electrons. The summed E-state index contributed by atoms with van der Waals surface area (Å²) in [7, 11) is 0. The normalized spacial score (nSPS) is 11.8. The highest BCUT2D eigenvalue weighted by molar-refractivity contribution is 5.77. The van der Waals surface area contributed by atoms with Crippen LogP contribution in [0.2, 0.25) is 0 Å². The van der Waals surface area contributed by atoms with Gasteiger partial charge in [0.25, 0.3) is 5.69 Å². The molecule has 0 aliphatic carbocycles. The minimum Gasteiger partial charge on any atom is -0.462 e. The molecule has 7 nitrogen and oxygen atoms in total. The van der Waals surface area contributed by atoms with Crippen molar-refractivity contribution < 1.29 is 24.0 Å². The Morgan fingerprint density at radius 1 is 1.16 bits per heavy atom. The lowest BCUT2D eigenvalue weighted by molar-refractivity contribution is -0.385. The highest BCUT2D eigenvalue weighted by Crippen LogP contribution is 2.19. The van der Waals surface area contributed by atoms with Gasteiger partial charge in [0.05, 0.1) is 23.3 Å². The van der Waals surface area contributed by atoms with Gasteiger partial charge in [0.2, 0.25) is 0 Å². The van der Waals surface area contributed by atoms with Gasteiger partial charge >= 0.3 is 11.9 Å². The Labute approximate surface area is 147 Å². The first-order valence-corrected chi connectivity index (χ1v) is 8.42. The Morgan fingerprint density at radius 2 is 1.80 bits per heavy atom. The molecule has 0 amide bonds. The fourth-order valence-corrected chi connectivity index (χ4v) is 2.29. The van der Waals surface area contributed by atoms with Crippen LogP contribution < -0.4 is 0 Å². The summed E-state index contributed by atoms with van der Waals surface area (Å²) in [6.45, 7) is 5.78. The molecule has 0 N–H and O–H groups in total. The van der Waals surface area contributed by atoms with E-state index in [-0.39, 0.29) is 37.2 Å². The number of esters is 2. The molecule has 0 fully saturated rings. The second-order valence-electron chi connectivity index (χ2n) is 6.11. The molecule has 25 heavy (non-hydrogen) atoms. The summed E-state index contributed by atoms with van der Waals surface area (Å²) in [5, 5.41) is 10.9. The Morgan fingerprint density at radius 3 is 2.40 bits per heavy atom. The predicted octanol–water partition coefficient (Wildman–Crippen LogP) is 3.79. The zero-order valence-corrected chi connectivity index (χ0v) is 14.9. The van der Waals surface area contributed by atoms with Crippen LogP contribution in [0.25, 0.3) is 0 Å². The van der Waals surface area contributed by atoms with E-state index in [1.165, 1.54) is 12.1 Å². The molecule has 0 saturated carbocycles. The summed E-state index contributed by atoms with van der Waals surface area (Å²) >= 11 is 0. The first-order chi connectivity index (χ1) is 11.8. The minimum absolute atomic E-state index is 0.0668. The van der Waals surface area contributed by atoms with E-state index >= 15 is 0 Å². The summed E-state index contributed by atoms with van der Waals surface area (Å²) in [6, 6.07) is 6.05. The zero-order chi connectivity index (χ0) is 18.8. The molecule has 1 atom stereocenters. The van der Waals surface area contributed by atoms with Gasteiger partial charge in [-0.05, 0) is 18.4 Å². The van der Waals surface area contributed by atoms with Gasteiger partial charge in [0.15, 0.2) is 0 Å². The van der Waals surface area contributed by atoms with Crippen LogP contribution >= 0.6 is 0 Å². The number of carbonyl (C=O) groups excluding carboxylic acids is 2. The summed E-state index contributed by atoms with van der Waals surface area (Å²) in [4.78, 5) is 34.0. The van der Waals surface area contributed by atoms with E-state index in [1.54, 1.807) is 12.1 Å². The highest BCUT2D eigenvalue weighted by atomic mass is 16.6. The van der Waals surface area contributed by atoms with Crippen molar-refractivity contribution >= 4 is 17.6 Å². The standard InChI is InChI=1S/C18H25NO6/c1-4-7-16(13(2)3)25-18(21)11-10-17(20)24-12-14-8-5-6-9-15(14)19(22)23/h5-6,8-9,13,16H,4,7,10-12H2,1-3H3. The van der Waals surface area contributed by atoms with E-state index in [1.807, 2.05) is 20.8 Å². The lowest BCUT2D eigenvalue weighted by Gasteiger charge is -2.20. The number of ether oxygens (including phenoxy) is 2. The number of hydrogen-bond acceptors (Lipinski definition) is 6. The van der Waals surface area contributed by atoms with Crippen molar-refractivity contribution in [1.82, 2.24) is 0 Å². The second-order valence-corrected chi connectivity index (χ2v) is 6.11. The summed E-state index contributed by atoms with van der Waals surface area (Å²) in [5.74, 6) is -0.809. The number of rotatable bonds is 10. The summed E-state index contributed by atoms with van der Waals surface area (Å²) < 4.78 is 10.4. The van der Waals surface area contributed by atoms with Crippen LogP contribution in [0.1, 0.15) is 52.0 Å². The first-order valence-electron chi connectivity index (χ1n) is 8.42. The topological polar surface area (TPSA) is 95.7 Å². The SMILES string of the molecule is CCCC(OC(=O)CCC(=O)OCc1ccccc1[N+](=O)[O-])C(C)C. The van der Waals surface area contributed by atoms with E-state index in [4.69, 9.17) is 9.47 Å². The molecule has 0 spiro atoms. The van der Waals surface area contributed by atoms with Gasteiger partial charge in [-0.2, -0.15) is 0 Å². The van der Waals surface area contributed by atoms with Crippen molar-refractivity contribution in [2.45, 2.75) is 59.2 Å². The monoisotopic (exact) mass is 351 g/mol. The van der Waals surface area contributed by atoms with Crippen molar-refractivity contribution in [3.63, 3.8) is 0 Å². The Kier molecular flexibility index (Phi) is 8.60. The minimum atomic E-state index is -0.591. The molecule has 0 saturated heterocycles. The number of hydrogen-bond donors (Lipinski definition) is 0. The lowest BCUT2D eigenvalue weighted by Crippen LogP contribution is -2.24. The van der Waals surface area contributed by atoms with E-state index in [0.29, 0.717) is 5.56 Å². The molecule has 7 heteroatoms. The molecule has 0 aliphatic heterocycles. The molecule has 1 unspecified atom stereocenters. The lowest BCUT2D eigenvalue weighted by atomic mass is 10.0. The number of benzene rings is 1. The van der Waals surface area contributed by atoms with Gasteiger partial charge in [-0.1, -0.05) is 39.3 Å². The van der Waals surface area contributed by atoms with Crippen LogP contribution in [-0.2, 0) is 25.7 Å². The number of nitro groups is 1. The molecule has 138 valence electrons. The van der Waals surface area contributed by atoms with Crippen LogP contribution in [-0.4, -0.2) is 23.0 Å². The quantitative estimate of drug-likeness (QED) is 0.361. The van der Waals surface area contributed by atoms with Crippen molar-refractivity contribution in [3.8, 4) is 0 Å². The smallest absolute Gasteiger partial charge is 0.306 e. The fourth-order valence-electron chi connectivity index (χ4n) is 2.29. The molecule has 0 heterocycles. The predicted molar refractivity (Wildman–Crippen MR) is 91.8 cm³/mol. The van der Waals surface area contributed by atoms with Gasteiger partial charge in [-0.15, -0.1) is 0 Å². The van der Waals surface area contributed by atoms with Crippen LogP contribution in [0, 0.1) is 16.0 Å². The number of nitro benzene ring substituents is 1. The van der Waals surface area contributed by atoms with Gasteiger partial charge in [-0.3, -0.25) is 19.7 Å². The van der Waals surface area contributed by atoms with Crippen molar-refractivity contribution in [1.29, 1.82) is 0 Å². The Hall–Kier alpha value is -2.44. The average Bonchev–Trinajstić information content (AvgIpc) is 2.57. The third-order valence-corrected chi connectivity index (χ3v) is 3.71. The number of para-hydroxylation sites is 1. The molecular weight excluding hydrogens is 326 g/mol. The zero-order valence-electron chi connectivity index (χ0n) is 14.9. The average molecular weight is 351 g/mol. The van der Waals surface area contributed by atoms with Gasteiger partial charge in [0.1, 0.15) is 12.7 Å².